The van der Waals surface area contributed by atoms with Crippen LogP contribution in [-0.4, -0.2) is 49.3 Å². The Bertz CT molecular complexity index is 972. The SMILES string of the molecule is COCCOC(=O)C1=C(C)N(C)C(=S)NC1c1cccc(NC(=O)c2cccs2)c1. The molecule has 0 spiro atoms. The average Bonchev–Trinajstić information content (AvgIpc) is 3.27. The van der Waals surface area contributed by atoms with Gasteiger partial charge in [0.25, 0.3) is 5.91 Å². The number of benzene rings is 1. The zero-order valence-corrected chi connectivity index (χ0v) is 18.6. The molecule has 3 rings (SSSR count). The number of hydrogen-bond acceptors (Lipinski definition) is 6. The van der Waals surface area contributed by atoms with E-state index in [2.05, 4.69) is 10.6 Å². The molecular formula is C21H23N3O4S2. The summed E-state index contributed by atoms with van der Waals surface area (Å²) < 4.78 is 10.3. The van der Waals surface area contributed by atoms with Crippen LogP contribution in [0, 0.1) is 0 Å². The van der Waals surface area contributed by atoms with Crippen LogP contribution >= 0.6 is 23.6 Å². The van der Waals surface area contributed by atoms with Crippen LogP contribution in [0.4, 0.5) is 5.69 Å². The lowest BCUT2D eigenvalue weighted by molar-refractivity contribution is -0.140. The minimum Gasteiger partial charge on any atom is -0.460 e. The Labute approximate surface area is 184 Å². The van der Waals surface area contributed by atoms with E-state index in [1.807, 2.05) is 36.6 Å². The van der Waals surface area contributed by atoms with Crippen molar-refractivity contribution in [2.45, 2.75) is 13.0 Å². The van der Waals surface area contributed by atoms with Crippen LogP contribution in [-0.2, 0) is 14.3 Å². The molecule has 7 nitrogen and oxygen atoms in total. The van der Waals surface area contributed by atoms with Gasteiger partial charge in [0.2, 0.25) is 0 Å². The molecule has 1 aliphatic heterocycles. The molecule has 30 heavy (non-hydrogen) atoms. The molecule has 2 aromatic rings. The van der Waals surface area contributed by atoms with Gasteiger partial charge >= 0.3 is 5.97 Å². The lowest BCUT2D eigenvalue weighted by Crippen LogP contribution is -2.46. The van der Waals surface area contributed by atoms with Crippen molar-refractivity contribution in [1.82, 2.24) is 10.2 Å². The normalized spacial score (nSPS) is 16.3. The molecule has 9 heteroatoms. The van der Waals surface area contributed by atoms with Gasteiger partial charge in [0.05, 0.1) is 23.1 Å². The van der Waals surface area contributed by atoms with Gasteiger partial charge in [0, 0.05) is 25.5 Å². The first-order chi connectivity index (χ1) is 14.4. The van der Waals surface area contributed by atoms with Crippen LogP contribution in [0.15, 0.2) is 53.0 Å². The number of allylic oxidation sites excluding steroid dienone is 1. The number of thiocarbonyl (C=S) groups is 1. The van der Waals surface area contributed by atoms with E-state index in [-0.39, 0.29) is 12.5 Å². The number of thiophene rings is 1. The number of carbonyl (C=O) groups excluding carboxylic acids is 2. The first-order valence-electron chi connectivity index (χ1n) is 9.28. The Balaban J connectivity index is 1.88. The number of rotatable bonds is 7. The first kappa shape index (κ1) is 21.9. The highest BCUT2D eigenvalue weighted by atomic mass is 32.1. The molecule has 1 aromatic carbocycles. The molecule has 0 radical (unpaired) electrons. The standard InChI is InChI=1S/C21H23N3O4S2/c1-13-17(20(26)28-10-9-27-3)18(23-21(29)24(13)2)14-6-4-7-15(12-14)22-19(25)16-8-5-11-30-16/h4-8,11-12,18H,9-10H2,1-3H3,(H,22,25)(H,23,29). The van der Waals surface area contributed by atoms with E-state index in [0.717, 1.165) is 5.56 Å². The van der Waals surface area contributed by atoms with Gasteiger partial charge in [-0.1, -0.05) is 18.2 Å². The number of carbonyl (C=O) groups is 2. The summed E-state index contributed by atoms with van der Waals surface area (Å²) in [6, 6.07) is 10.4. The van der Waals surface area contributed by atoms with Gasteiger partial charge in [-0.25, -0.2) is 4.79 Å². The van der Waals surface area contributed by atoms with E-state index < -0.39 is 12.0 Å². The van der Waals surface area contributed by atoms with Crippen LogP contribution in [0.5, 0.6) is 0 Å². The van der Waals surface area contributed by atoms with Crippen molar-refractivity contribution in [2.24, 2.45) is 0 Å². The summed E-state index contributed by atoms with van der Waals surface area (Å²) in [5.41, 5.74) is 2.58. The fourth-order valence-electron chi connectivity index (χ4n) is 3.04. The molecular weight excluding hydrogens is 422 g/mol. The fourth-order valence-corrected chi connectivity index (χ4v) is 3.92. The number of nitrogens with zero attached hydrogens (tertiary/aromatic N) is 1. The highest BCUT2D eigenvalue weighted by Gasteiger charge is 2.33. The van der Waals surface area contributed by atoms with Gasteiger partial charge in [-0.05, 0) is 48.3 Å². The van der Waals surface area contributed by atoms with E-state index in [4.69, 9.17) is 21.7 Å². The van der Waals surface area contributed by atoms with Crippen LogP contribution in [0.1, 0.15) is 28.2 Å². The summed E-state index contributed by atoms with van der Waals surface area (Å²) >= 11 is 6.80. The maximum absolute atomic E-state index is 12.8. The van der Waals surface area contributed by atoms with E-state index in [9.17, 15) is 9.59 Å². The van der Waals surface area contributed by atoms with Crippen LogP contribution in [0.2, 0.25) is 0 Å². The topological polar surface area (TPSA) is 79.9 Å². The summed E-state index contributed by atoms with van der Waals surface area (Å²) in [6.07, 6.45) is 0. The quantitative estimate of drug-likeness (QED) is 0.384. The second kappa shape index (κ2) is 9.84. The van der Waals surface area contributed by atoms with Crippen molar-refractivity contribution in [3.63, 3.8) is 0 Å². The maximum atomic E-state index is 12.8. The molecule has 1 unspecified atom stereocenters. The van der Waals surface area contributed by atoms with Gasteiger partial charge in [0.1, 0.15) is 6.61 Å². The van der Waals surface area contributed by atoms with Crippen molar-refractivity contribution in [2.75, 3.05) is 32.7 Å². The molecule has 158 valence electrons. The molecule has 0 fully saturated rings. The number of anilines is 1. The Morgan fingerprint density at radius 1 is 1.27 bits per heavy atom. The third-order valence-corrected chi connectivity index (χ3v) is 5.98. The van der Waals surface area contributed by atoms with Crippen LogP contribution < -0.4 is 10.6 Å². The molecule has 0 saturated carbocycles. The van der Waals surface area contributed by atoms with Crippen molar-refractivity contribution in [1.29, 1.82) is 0 Å². The highest BCUT2D eigenvalue weighted by molar-refractivity contribution is 7.80. The highest BCUT2D eigenvalue weighted by Crippen LogP contribution is 2.32. The Kier molecular flexibility index (Phi) is 7.20. The molecule has 1 aromatic heterocycles. The first-order valence-corrected chi connectivity index (χ1v) is 10.6. The average molecular weight is 446 g/mol. The van der Waals surface area contributed by atoms with Gasteiger partial charge < -0.3 is 25.0 Å². The fraction of sp³-hybridized carbons (Fsp3) is 0.286. The third kappa shape index (κ3) is 4.86. The lowest BCUT2D eigenvalue weighted by Gasteiger charge is -2.35. The maximum Gasteiger partial charge on any atom is 0.338 e. The number of nitrogens with one attached hydrogen (secondary N) is 2. The molecule has 2 heterocycles. The predicted octanol–water partition coefficient (Wildman–Crippen LogP) is 3.33. The van der Waals surface area contributed by atoms with E-state index in [1.165, 1.54) is 11.3 Å². The number of esters is 1. The van der Waals surface area contributed by atoms with Crippen LogP contribution in [0.25, 0.3) is 0 Å². The zero-order valence-electron chi connectivity index (χ0n) is 16.9. The van der Waals surface area contributed by atoms with Gasteiger partial charge in [-0.3, -0.25) is 4.79 Å². The molecule has 1 aliphatic rings. The zero-order chi connectivity index (χ0) is 21.7. The molecule has 1 atom stereocenters. The number of hydrogen-bond donors (Lipinski definition) is 2. The van der Waals surface area contributed by atoms with E-state index >= 15 is 0 Å². The minimum atomic E-state index is -0.498. The Morgan fingerprint density at radius 3 is 2.77 bits per heavy atom. The van der Waals surface area contributed by atoms with Crippen molar-refractivity contribution >= 4 is 46.2 Å². The smallest absolute Gasteiger partial charge is 0.338 e. The summed E-state index contributed by atoms with van der Waals surface area (Å²) in [5.74, 6) is -0.621. The summed E-state index contributed by atoms with van der Waals surface area (Å²) in [7, 11) is 3.34. The predicted molar refractivity (Wildman–Crippen MR) is 120 cm³/mol. The molecule has 0 saturated heterocycles. The largest absolute Gasteiger partial charge is 0.460 e. The number of amides is 1. The number of ether oxygens (including phenoxy) is 2. The molecule has 1 amide bonds. The van der Waals surface area contributed by atoms with Crippen molar-refractivity contribution in [3.05, 3.63) is 63.5 Å². The summed E-state index contributed by atoms with van der Waals surface area (Å²) in [6.45, 7) is 2.30. The molecule has 0 aliphatic carbocycles. The monoisotopic (exact) mass is 445 g/mol. The van der Waals surface area contributed by atoms with Gasteiger partial charge in [-0.15, -0.1) is 11.3 Å². The van der Waals surface area contributed by atoms with E-state index in [1.54, 1.807) is 31.2 Å². The number of methoxy groups -OCH3 is 1. The molecule has 2 N–H and O–H groups in total. The Morgan fingerprint density at radius 2 is 2.07 bits per heavy atom. The molecule has 0 bridgehead atoms. The lowest BCUT2D eigenvalue weighted by atomic mass is 9.95. The van der Waals surface area contributed by atoms with Crippen molar-refractivity contribution < 1.29 is 19.1 Å². The summed E-state index contributed by atoms with van der Waals surface area (Å²) in [4.78, 5) is 27.6. The van der Waals surface area contributed by atoms with E-state index in [0.29, 0.717) is 33.6 Å². The summed E-state index contributed by atoms with van der Waals surface area (Å²) in [5, 5.41) is 8.44. The van der Waals surface area contributed by atoms with Crippen LogP contribution in [0.3, 0.4) is 0 Å². The minimum absolute atomic E-state index is 0.157. The third-order valence-electron chi connectivity index (χ3n) is 4.72. The second-order valence-electron chi connectivity index (χ2n) is 6.63. The van der Waals surface area contributed by atoms with Crippen molar-refractivity contribution in [3.8, 4) is 0 Å². The Hall–Kier alpha value is -2.75. The van der Waals surface area contributed by atoms with Gasteiger partial charge in [0.15, 0.2) is 5.11 Å². The second-order valence-corrected chi connectivity index (χ2v) is 7.96. The van der Waals surface area contributed by atoms with Gasteiger partial charge in [-0.2, -0.15) is 0 Å².